The highest BCUT2D eigenvalue weighted by molar-refractivity contribution is 7.48. The quantitative estimate of drug-likeness (QED) is 0.706. The van der Waals surface area contributed by atoms with E-state index in [-0.39, 0.29) is 11.5 Å². The van der Waals surface area contributed by atoms with Gasteiger partial charge in [-0.05, 0) is 55.4 Å². The van der Waals surface area contributed by atoms with Crippen molar-refractivity contribution in [2.45, 2.75) is 44.6 Å². The molecule has 5 nitrogen and oxygen atoms in total. The summed E-state index contributed by atoms with van der Waals surface area (Å²) >= 11 is 0. The Morgan fingerprint density at radius 1 is 0.815 bits per heavy atom. The van der Waals surface area contributed by atoms with Crippen LogP contribution in [0.1, 0.15) is 38.5 Å². The molecule has 0 radical (unpaired) electrons. The van der Waals surface area contributed by atoms with Gasteiger partial charge >= 0.3 is 7.82 Å². The average molecular weight is 389 g/mol. The minimum atomic E-state index is -4.14. The van der Waals surface area contributed by atoms with Crippen LogP contribution in [0.4, 0.5) is 0 Å². The van der Waals surface area contributed by atoms with Gasteiger partial charge in [-0.3, -0.25) is 4.89 Å². The van der Waals surface area contributed by atoms with Gasteiger partial charge in [-0.2, -0.15) is 0 Å². The molecule has 27 heavy (non-hydrogen) atoms. The van der Waals surface area contributed by atoms with Crippen LogP contribution >= 0.6 is 7.82 Å². The van der Waals surface area contributed by atoms with Crippen LogP contribution in [0.5, 0.6) is 11.5 Å². The van der Waals surface area contributed by atoms with Crippen LogP contribution < -0.4 is 14.8 Å². The Kier molecular flexibility index (Phi) is 6.95. The maximum Gasteiger partial charge on any atom is 0.584 e. The standard InChI is InChI=1S/C12H11O4P.C9H17N/c13-17(14,15-11-7-3-1-4-8-11)16-12-9-5-2-6-10-12;10-9-5-7-2-1-3-8(4-7)6-9/h1-10H,(H,13,14);7-9H,1-6,10H2/t;7-,8+,9?. The molecule has 2 aliphatic carbocycles. The highest BCUT2D eigenvalue weighted by Gasteiger charge is 2.29. The lowest BCUT2D eigenvalue weighted by atomic mass is 9.71. The van der Waals surface area contributed by atoms with Gasteiger partial charge in [0.2, 0.25) is 0 Å². The molecule has 0 heterocycles. The second-order valence-electron chi connectivity index (χ2n) is 7.41. The van der Waals surface area contributed by atoms with Gasteiger partial charge in [0.1, 0.15) is 11.5 Å². The van der Waals surface area contributed by atoms with Crippen molar-refractivity contribution in [1.82, 2.24) is 0 Å². The van der Waals surface area contributed by atoms with E-state index in [0.29, 0.717) is 6.04 Å². The summed E-state index contributed by atoms with van der Waals surface area (Å²) in [5.41, 5.74) is 5.93. The van der Waals surface area contributed by atoms with Crippen molar-refractivity contribution < 1.29 is 18.5 Å². The molecule has 146 valence electrons. The maximum atomic E-state index is 11.7. The number of nitrogens with two attached hydrogens (primary N) is 1. The number of hydrogen-bond donors (Lipinski definition) is 2. The summed E-state index contributed by atoms with van der Waals surface area (Å²) in [6.45, 7) is 0. The summed E-state index contributed by atoms with van der Waals surface area (Å²) in [7, 11) is -4.14. The number of benzene rings is 2. The number of phosphoric acid groups is 1. The molecule has 2 aromatic carbocycles. The van der Waals surface area contributed by atoms with E-state index in [4.69, 9.17) is 14.8 Å². The average Bonchev–Trinajstić information content (AvgIpc) is 2.62. The third-order valence-corrected chi connectivity index (χ3v) is 5.97. The van der Waals surface area contributed by atoms with Crippen LogP contribution in [-0.4, -0.2) is 10.9 Å². The number of hydrogen-bond acceptors (Lipinski definition) is 4. The molecular formula is C21H28NO4P. The van der Waals surface area contributed by atoms with Gasteiger partial charge in [0.15, 0.2) is 0 Å². The first-order valence-electron chi connectivity index (χ1n) is 9.58. The molecule has 3 atom stereocenters. The van der Waals surface area contributed by atoms with Gasteiger partial charge in [-0.1, -0.05) is 55.7 Å². The SMILES string of the molecule is NC1C[C@H]2CCC[C@@H](C1)C2.O=P(O)(Oc1ccccc1)Oc1ccccc1. The Hall–Kier alpha value is -1.81. The summed E-state index contributed by atoms with van der Waals surface area (Å²) in [6.07, 6.45) is 8.52. The number of phosphoric ester groups is 1. The molecule has 0 saturated heterocycles. The van der Waals surface area contributed by atoms with E-state index in [1.54, 1.807) is 60.7 Å². The van der Waals surface area contributed by atoms with E-state index in [2.05, 4.69) is 0 Å². The maximum absolute atomic E-state index is 11.7. The zero-order valence-electron chi connectivity index (χ0n) is 15.4. The molecule has 2 fully saturated rings. The molecular weight excluding hydrogens is 361 g/mol. The molecule has 0 aromatic heterocycles. The highest BCUT2D eigenvalue weighted by atomic mass is 31.2. The van der Waals surface area contributed by atoms with Crippen LogP contribution in [0.15, 0.2) is 60.7 Å². The van der Waals surface area contributed by atoms with E-state index < -0.39 is 7.82 Å². The van der Waals surface area contributed by atoms with Gasteiger partial charge in [0.25, 0.3) is 0 Å². The Bertz CT molecular complexity index is 679. The van der Waals surface area contributed by atoms with Gasteiger partial charge in [0.05, 0.1) is 0 Å². The van der Waals surface area contributed by atoms with Gasteiger partial charge in [-0.15, -0.1) is 0 Å². The van der Waals surface area contributed by atoms with Crippen molar-refractivity contribution in [3.8, 4) is 11.5 Å². The minimum Gasteiger partial charge on any atom is -0.395 e. The topological polar surface area (TPSA) is 81.8 Å². The fourth-order valence-corrected chi connectivity index (χ4v) is 4.84. The van der Waals surface area contributed by atoms with Crippen molar-refractivity contribution in [3.05, 3.63) is 60.7 Å². The molecule has 1 unspecified atom stereocenters. The lowest BCUT2D eigenvalue weighted by Gasteiger charge is -2.37. The predicted molar refractivity (Wildman–Crippen MR) is 107 cm³/mol. The Morgan fingerprint density at radius 3 is 1.70 bits per heavy atom. The normalized spacial score (nSPS) is 24.3. The van der Waals surface area contributed by atoms with Crippen molar-refractivity contribution >= 4 is 7.82 Å². The van der Waals surface area contributed by atoms with E-state index >= 15 is 0 Å². The van der Waals surface area contributed by atoms with Crippen LogP contribution in [0.3, 0.4) is 0 Å². The molecule has 0 spiro atoms. The molecule has 2 aliphatic rings. The zero-order valence-corrected chi connectivity index (χ0v) is 16.3. The fourth-order valence-electron chi connectivity index (χ4n) is 4.03. The summed E-state index contributed by atoms with van der Waals surface area (Å²) < 4.78 is 21.5. The number of rotatable bonds is 4. The Labute approximate surface area is 161 Å². The smallest absolute Gasteiger partial charge is 0.395 e. The van der Waals surface area contributed by atoms with E-state index in [1.165, 1.54) is 38.5 Å². The molecule has 2 saturated carbocycles. The number of fused-ring (bicyclic) bond motifs is 2. The molecule has 0 amide bonds. The lowest BCUT2D eigenvalue weighted by molar-refractivity contribution is 0.171. The first kappa shape index (κ1) is 19.9. The molecule has 4 rings (SSSR count). The summed E-state index contributed by atoms with van der Waals surface area (Å²) in [5.74, 6) is 2.58. The second kappa shape index (κ2) is 9.41. The van der Waals surface area contributed by atoms with Gasteiger partial charge in [0, 0.05) is 6.04 Å². The molecule has 2 aromatic rings. The summed E-state index contributed by atoms with van der Waals surface area (Å²) in [5, 5.41) is 0. The molecule has 6 heteroatoms. The Morgan fingerprint density at radius 2 is 1.26 bits per heavy atom. The highest BCUT2D eigenvalue weighted by Crippen LogP contribution is 2.44. The first-order valence-corrected chi connectivity index (χ1v) is 11.1. The van der Waals surface area contributed by atoms with E-state index in [9.17, 15) is 9.46 Å². The van der Waals surface area contributed by atoms with Crippen molar-refractivity contribution in [1.29, 1.82) is 0 Å². The van der Waals surface area contributed by atoms with Gasteiger partial charge < -0.3 is 14.8 Å². The largest absolute Gasteiger partial charge is 0.584 e. The van der Waals surface area contributed by atoms with Crippen LogP contribution in [0.25, 0.3) is 0 Å². The van der Waals surface area contributed by atoms with Gasteiger partial charge in [-0.25, -0.2) is 4.57 Å². The fraction of sp³-hybridized carbons (Fsp3) is 0.429. The van der Waals surface area contributed by atoms with Crippen molar-refractivity contribution in [2.24, 2.45) is 17.6 Å². The minimum absolute atomic E-state index is 0.286. The molecule has 0 aliphatic heterocycles. The molecule has 2 bridgehead atoms. The van der Waals surface area contributed by atoms with Crippen LogP contribution in [-0.2, 0) is 4.57 Å². The summed E-state index contributed by atoms with van der Waals surface area (Å²) in [4.78, 5) is 9.53. The van der Waals surface area contributed by atoms with E-state index in [1.807, 2.05) is 0 Å². The summed E-state index contributed by atoms with van der Waals surface area (Å²) in [6, 6.07) is 17.3. The van der Waals surface area contributed by atoms with Crippen molar-refractivity contribution in [2.75, 3.05) is 0 Å². The first-order chi connectivity index (χ1) is 13.0. The lowest BCUT2D eigenvalue weighted by Crippen LogP contribution is -2.35. The van der Waals surface area contributed by atoms with E-state index in [0.717, 1.165) is 11.8 Å². The number of para-hydroxylation sites is 2. The second-order valence-corrected chi connectivity index (χ2v) is 8.71. The Balaban J connectivity index is 0.000000177. The monoisotopic (exact) mass is 389 g/mol. The predicted octanol–water partition coefficient (Wildman–Crippen LogP) is 5.16. The third-order valence-electron chi connectivity index (χ3n) is 5.09. The molecule has 3 N–H and O–H groups in total. The van der Waals surface area contributed by atoms with Crippen LogP contribution in [0, 0.1) is 11.8 Å². The zero-order chi connectivity index (χ0) is 19.1. The third kappa shape index (κ3) is 6.69. The van der Waals surface area contributed by atoms with Crippen molar-refractivity contribution in [3.63, 3.8) is 0 Å². The van der Waals surface area contributed by atoms with Crippen LogP contribution in [0.2, 0.25) is 0 Å².